The molecule has 0 fully saturated rings. The summed E-state index contributed by atoms with van der Waals surface area (Å²) in [6.07, 6.45) is 5.33. The maximum Gasteiger partial charge on any atom is 0.273 e. The number of halogens is 2. The minimum atomic E-state index is -0.309. The molecule has 1 N–H and O–H groups in total. The predicted octanol–water partition coefficient (Wildman–Crippen LogP) is 6.63. The van der Waals surface area contributed by atoms with Crippen molar-refractivity contribution in [1.82, 2.24) is 9.99 Å². The number of hydrazone groups is 1. The van der Waals surface area contributed by atoms with Crippen LogP contribution >= 0.6 is 27.5 Å². The van der Waals surface area contributed by atoms with E-state index in [0.717, 1.165) is 16.8 Å². The summed E-state index contributed by atoms with van der Waals surface area (Å²) in [5, 5.41) is 4.80. The number of nitrogens with zero attached hydrogens (tertiary/aromatic N) is 2. The fraction of sp³-hybridized carbons (Fsp3) is 0.111. The Labute approximate surface area is 217 Å². The van der Waals surface area contributed by atoms with Gasteiger partial charge in [0.2, 0.25) is 0 Å². The lowest BCUT2D eigenvalue weighted by molar-refractivity contribution is 0.0955. The number of carbonyl (C=O) groups is 1. The number of nitrogens with one attached hydrogen (secondary N) is 1. The maximum absolute atomic E-state index is 12.8. The Hall–Kier alpha value is -3.55. The SMILES string of the molecule is CCOc1cc(/C=N/NC(=O)c2ccccc2-n2cccc2)cc(Br)c1OCc1cccc(Cl)c1. The standard InChI is InChI=1S/C27H23BrClN3O3/c1-2-34-25-16-20(15-23(28)26(25)35-18-19-8-7-9-21(29)14-19)17-30-31-27(33)22-10-3-4-11-24(22)32-12-5-6-13-32/h3-17H,2,18H2,1H3,(H,31,33)/b30-17+. The number of aromatic nitrogens is 1. The van der Waals surface area contributed by atoms with E-state index in [1.54, 1.807) is 12.3 Å². The monoisotopic (exact) mass is 551 g/mol. The lowest BCUT2D eigenvalue weighted by Crippen LogP contribution is -2.19. The third kappa shape index (κ3) is 6.32. The van der Waals surface area contributed by atoms with E-state index < -0.39 is 0 Å². The second-order valence-electron chi connectivity index (χ2n) is 7.49. The normalized spacial score (nSPS) is 10.9. The highest BCUT2D eigenvalue weighted by atomic mass is 79.9. The molecule has 178 valence electrons. The van der Waals surface area contributed by atoms with E-state index >= 15 is 0 Å². The van der Waals surface area contributed by atoms with Crippen LogP contribution in [0.2, 0.25) is 5.02 Å². The van der Waals surface area contributed by atoms with Crippen molar-refractivity contribution in [2.24, 2.45) is 5.10 Å². The Balaban J connectivity index is 1.48. The van der Waals surface area contributed by atoms with Gasteiger partial charge in [-0.1, -0.05) is 35.9 Å². The van der Waals surface area contributed by atoms with Crippen molar-refractivity contribution < 1.29 is 14.3 Å². The average molecular weight is 553 g/mol. The Morgan fingerprint density at radius 2 is 1.86 bits per heavy atom. The van der Waals surface area contributed by atoms with Crippen molar-refractivity contribution in [2.75, 3.05) is 6.61 Å². The van der Waals surface area contributed by atoms with Crippen molar-refractivity contribution in [3.8, 4) is 17.2 Å². The topological polar surface area (TPSA) is 64.8 Å². The van der Waals surface area contributed by atoms with Crippen LogP contribution in [0, 0.1) is 0 Å². The van der Waals surface area contributed by atoms with E-state index in [-0.39, 0.29) is 5.91 Å². The molecular weight excluding hydrogens is 530 g/mol. The Morgan fingerprint density at radius 3 is 2.63 bits per heavy atom. The smallest absolute Gasteiger partial charge is 0.273 e. The minimum Gasteiger partial charge on any atom is -0.490 e. The van der Waals surface area contributed by atoms with Gasteiger partial charge in [-0.25, -0.2) is 5.43 Å². The summed E-state index contributed by atoms with van der Waals surface area (Å²) in [4.78, 5) is 12.8. The second-order valence-corrected chi connectivity index (χ2v) is 8.78. The zero-order chi connectivity index (χ0) is 24.6. The molecule has 3 aromatic carbocycles. The molecule has 0 aliphatic heterocycles. The van der Waals surface area contributed by atoms with Crippen LogP contribution < -0.4 is 14.9 Å². The molecule has 1 heterocycles. The summed E-state index contributed by atoms with van der Waals surface area (Å²) >= 11 is 9.63. The zero-order valence-corrected chi connectivity index (χ0v) is 21.3. The lowest BCUT2D eigenvalue weighted by atomic mass is 10.1. The van der Waals surface area contributed by atoms with Crippen molar-refractivity contribution in [2.45, 2.75) is 13.5 Å². The molecule has 0 saturated carbocycles. The van der Waals surface area contributed by atoms with Crippen LogP contribution in [0.5, 0.6) is 11.5 Å². The number of amides is 1. The lowest BCUT2D eigenvalue weighted by Gasteiger charge is -2.15. The molecule has 4 rings (SSSR count). The van der Waals surface area contributed by atoms with Crippen molar-refractivity contribution in [3.63, 3.8) is 0 Å². The van der Waals surface area contributed by atoms with Gasteiger partial charge in [0.1, 0.15) is 6.61 Å². The van der Waals surface area contributed by atoms with Crippen LogP contribution in [0.15, 0.2) is 94.8 Å². The summed E-state index contributed by atoms with van der Waals surface area (Å²) in [6, 6.07) is 22.3. The van der Waals surface area contributed by atoms with Crippen LogP contribution in [-0.2, 0) is 6.61 Å². The first-order chi connectivity index (χ1) is 17.0. The van der Waals surface area contributed by atoms with Gasteiger partial charge >= 0.3 is 0 Å². The van der Waals surface area contributed by atoms with Gasteiger partial charge in [0.25, 0.3) is 5.91 Å². The molecule has 1 aromatic heterocycles. The molecule has 0 unspecified atom stereocenters. The van der Waals surface area contributed by atoms with Crippen molar-refractivity contribution in [1.29, 1.82) is 0 Å². The molecule has 0 aliphatic rings. The summed E-state index contributed by atoms with van der Waals surface area (Å²) < 4.78 is 14.4. The Bertz CT molecular complexity index is 1340. The van der Waals surface area contributed by atoms with Gasteiger partial charge < -0.3 is 14.0 Å². The van der Waals surface area contributed by atoms with Gasteiger partial charge in [0, 0.05) is 17.4 Å². The number of benzene rings is 3. The molecule has 0 bridgehead atoms. The first kappa shape index (κ1) is 24.6. The molecule has 0 atom stereocenters. The number of ether oxygens (including phenoxy) is 2. The van der Waals surface area contributed by atoms with Crippen molar-refractivity contribution in [3.05, 3.63) is 111 Å². The molecular formula is C27H23BrClN3O3. The fourth-order valence-electron chi connectivity index (χ4n) is 3.46. The van der Waals surface area contributed by atoms with Crippen LogP contribution in [0.25, 0.3) is 5.69 Å². The summed E-state index contributed by atoms with van der Waals surface area (Å²) in [5.41, 5.74) is 5.57. The Morgan fingerprint density at radius 1 is 1.06 bits per heavy atom. The van der Waals surface area contributed by atoms with Crippen LogP contribution in [0.4, 0.5) is 0 Å². The number of para-hydroxylation sites is 1. The molecule has 0 aliphatic carbocycles. The van der Waals surface area contributed by atoms with E-state index in [4.69, 9.17) is 21.1 Å². The van der Waals surface area contributed by atoms with Crippen LogP contribution in [0.1, 0.15) is 28.4 Å². The molecule has 8 heteroatoms. The summed E-state index contributed by atoms with van der Waals surface area (Å²) in [7, 11) is 0. The van der Waals surface area contributed by atoms with Gasteiger partial charge in [-0.15, -0.1) is 0 Å². The molecule has 0 spiro atoms. The minimum absolute atomic E-state index is 0.309. The molecule has 1 amide bonds. The second kappa shape index (κ2) is 11.7. The number of hydrogen-bond acceptors (Lipinski definition) is 4. The van der Waals surface area contributed by atoms with Gasteiger partial charge in [-0.2, -0.15) is 5.10 Å². The first-order valence-corrected chi connectivity index (χ1v) is 12.1. The number of rotatable bonds is 9. The van der Waals surface area contributed by atoms with E-state index in [1.165, 1.54) is 0 Å². The first-order valence-electron chi connectivity index (χ1n) is 10.9. The van der Waals surface area contributed by atoms with Crippen LogP contribution in [0.3, 0.4) is 0 Å². The maximum atomic E-state index is 12.8. The van der Waals surface area contributed by atoms with Gasteiger partial charge in [-0.3, -0.25) is 4.79 Å². The third-order valence-electron chi connectivity index (χ3n) is 5.01. The predicted molar refractivity (Wildman–Crippen MR) is 142 cm³/mol. The molecule has 4 aromatic rings. The van der Waals surface area contributed by atoms with Gasteiger partial charge in [0.05, 0.1) is 28.5 Å². The molecule has 35 heavy (non-hydrogen) atoms. The molecule has 6 nitrogen and oxygen atoms in total. The molecule has 0 saturated heterocycles. The van der Waals surface area contributed by atoms with E-state index in [2.05, 4.69) is 26.5 Å². The van der Waals surface area contributed by atoms with E-state index in [0.29, 0.717) is 39.8 Å². The quantitative estimate of drug-likeness (QED) is 0.187. The summed E-state index contributed by atoms with van der Waals surface area (Å²) in [6.45, 7) is 2.70. The fourth-order valence-corrected chi connectivity index (χ4v) is 4.25. The summed E-state index contributed by atoms with van der Waals surface area (Å²) in [5.74, 6) is 0.833. The van der Waals surface area contributed by atoms with Crippen molar-refractivity contribution >= 4 is 39.7 Å². The Kier molecular flexibility index (Phi) is 8.23. The number of carbonyl (C=O) groups excluding carboxylic acids is 1. The highest BCUT2D eigenvalue weighted by molar-refractivity contribution is 9.10. The zero-order valence-electron chi connectivity index (χ0n) is 18.9. The largest absolute Gasteiger partial charge is 0.490 e. The highest BCUT2D eigenvalue weighted by Crippen LogP contribution is 2.37. The molecule has 0 radical (unpaired) electrons. The van der Waals surface area contributed by atoms with Crippen LogP contribution in [-0.4, -0.2) is 23.3 Å². The van der Waals surface area contributed by atoms with Gasteiger partial charge in [-0.05, 0) is 82.5 Å². The third-order valence-corrected chi connectivity index (χ3v) is 5.84. The van der Waals surface area contributed by atoms with E-state index in [9.17, 15) is 4.79 Å². The number of hydrogen-bond donors (Lipinski definition) is 1. The van der Waals surface area contributed by atoms with E-state index in [1.807, 2.05) is 90.6 Å². The average Bonchev–Trinajstić information content (AvgIpc) is 3.39. The van der Waals surface area contributed by atoms with Gasteiger partial charge in [0.15, 0.2) is 11.5 Å². The highest BCUT2D eigenvalue weighted by Gasteiger charge is 2.14.